The molecule has 3 rings (SSSR count). The molecule has 1 aromatic heterocycles. The number of halogens is 4. The Morgan fingerprint density at radius 3 is 2.64 bits per heavy atom. The van der Waals surface area contributed by atoms with E-state index in [-0.39, 0.29) is 23.1 Å². The summed E-state index contributed by atoms with van der Waals surface area (Å²) in [6, 6.07) is 11.6. The van der Waals surface area contributed by atoms with Gasteiger partial charge in [0, 0.05) is 11.3 Å². The van der Waals surface area contributed by atoms with Crippen molar-refractivity contribution < 1.29 is 27.4 Å². The number of carbonyl (C=O) groups is 1. The van der Waals surface area contributed by atoms with E-state index in [1.807, 2.05) is 0 Å². The number of thiophene rings is 1. The molecule has 0 spiro atoms. The first-order valence-electron chi connectivity index (χ1n) is 7.93. The number of nitrogens with one attached hydrogen (secondary N) is 1. The summed E-state index contributed by atoms with van der Waals surface area (Å²) < 4.78 is 47.7. The fourth-order valence-corrected chi connectivity index (χ4v) is 3.27. The Labute approximate surface area is 167 Å². The van der Waals surface area contributed by atoms with E-state index in [4.69, 9.17) is 16.3 Å². The number of alkyl halides is 2. The molecule has 9 heteroatoms. The molecule has 3 aromatic rings. The number of rotatable bonds is 7. The Bertz CT molecular complexity index is 981. The van der Waals surface area contributed by atoms with Crippen molar-refractivity contribution in [3.05, 3.63) is 75.2 Å². The molecular formula is C19H13ClF3NO3S. The van der Waals surface area contributed by atoms with Gasteiger partial charge in [-0.05, 0) is 41.8 Å². The second-order valence-corrected chi connectivity index (χ2v) is 6.83. The largest absolute Gasteiger partial charge is 0.486 e. The predicted molar refractivity (Wildman–Crippen MR) is 101 cm³/mol. The highest BCUT2D eigenvalue weighted by molar-refractivity contribution is 7.12. The van der Waals surface area contributed by atoms with Crippen LogP contribution in [-0.2, 0) is 6.61 Å². The molecule has 0 aliphatic rings. The molecule has 0 saturated heterocycles. The number of benzene rings is 2. The molecule has 0 aliphatic carbocycles. The maximum atomic E-state index is 13.6. The molecular weight excluding hydrogens is 415 g/mol. The molecule has 0 radical (unpaired) electrons. The maximum absolute atomic E-state index is 13.6. The van der Waals surface area contributed by atoms with Crippen LogP contribution >= 0.6 is 22.9 Å². The summed E-state index contributed by atoms with van der Waals surface area (Å²) in [6.45, 7) is -2.88. The van der Waals surface area contributed by atoms with E-state index in [1.165, 1.54) is 41.7 Å². The van der Waals surface area contributed by atoms with E-state index in [2.05, 4.69) is 10.1 Å². The first-order chi connectivity index (χ1) is 13.4. The van der Waals surface area contributed by atoms with Crippen LogP contribution in [-0.4, -0.2) is 12.5 Å². The van der Waals surface area contributed by atoms with E-state index in [0.717, 1.165) is 0 Å². The van der Waals surface area contributed by atoms with E-state index >= 15 is 0 Å². The van der Waals surface area contributed by atoms with Gasteiger partial charge in [-0.2, -0.15) is 8.78 Å². The minimum absolute atomic E-state index is 0.0525. The summed E-state index contributed by atoms with van der Waals surface area (Å²) in [4.78, 5) is 12.7. The molecule has 1 amide bonds. The van der Waals surface area contributed by atoms with Gasteiger partial charge in [-0.25, -0.2) is 4.39 Å². The minimum atomic E-state index is -2.99. The maximum Gasteiger partial charge on any atom is 0.387 e. The van der Waals surface area contributed by atoms with Crippen LogP contribution < -0.4 is 14.8 Å². The highest BCUT2D eigenvalue weighted by Gasteiger charge is 2.13. The van der Waals surface area contributed by atoms with E-state index < -0.39 is 18.3 Å². The predicted octanol–water partition coefficient (Wildman–Crippen LogP) is 5.97. The molecule has 2 aromatic carbocycles. The number of ether oxygens (including phenoxy) is 2. The molecule has 0 aliphatic heterocycles. The molecule has 1 N–H and O–H groups in total. The Kier molecular flexibility index (Phi) is 6.43. The van der Waals surface area contributed by atoms with E-state index in [9.17, 15) is 18.0 Å². The third-order valence-corrected chi connectivity index (χ3v) is 4.79. The number of amides is 1. The van der Waals surface area contributed by atoms with Gasteiger partial charge in [0.25, 0.3) is 5.91 Å². The van der Waals surface area contributed by atoms with Crippen LogP contribution in [0.3, 0.4) is 0 Å². The van der Waals surface area contributed by atoms with Crippen molar-refractivity contribution in [2.45, 2.75) is 13.2 Å². The standard InChI is InChI=1S/C19H13ClF3NO3S/c20-13-8-12(5-6-15(13)27-19(22)23)24-18(25)17-7-11(10-28-17)9-26-16-4-2-1-3-14(16)21/h1-8,10,19H,9H2,(H,24,25). The van der Waals surface area contributed by atoms with Gasteiger partial charge in [-0.1, -0.05) is 23.7 Å². The van der Waals surface area contributed by atoms with Gasteiger partial charge in [0.1, 0.15) is 12.4 Å². The van der Waals surface area contributed by atoms with Crippen LogP contribution in [0.5, 0.6) is 11.5 Å². The molecule has 4 nitrogen and oxygen atoms in total. The Morgan fingerprint density at radius 1 is 1.14 bits per heavy atom. The molecule has 0 unspecified atom stereocenters. The Hall–Kier alpha value is -2.71. The SMILES string of the molecule is O=C(Nc1ccc(OC(F)F)c(Cl)c1)c1cc(COc2ccccc2F)cs1. The molecule has 28 heavy (non-hydrogen) atoms. The smallest absolute Gasteiger partial charge is 0.387 e. The van der Waals surface area contributed by atoms with Gasteiger partial charge in [-0.15, -0.1) is 11.3 Å². The van der Waals surface area contributed by atoms with Crippen molar-refractivity contribution in [3.8, 4) is 11.5 Å². The Balaban J connectivity index is 1.61. The van der Waals surface area contributed by atoms with Crippen molar-refractivity contribution in [2.24, 2.45) is 0 Å². The molecule has 146 valence electrons. The van der Waals surface area contributed by atoms with Gasteiger partial charge < -0.3 is 14.8 Å². The van der Waals surface area contributed by atoms with Crippen molar-refractivity contribution in [1.29, 1.82) is 0 Å². The monoisotopic (exact) mass is 427 g/mol. The molecule has 0 saturated carbocycles. The number of anilines is 1. The van der Waals surface area contributed by atoms with E-state index in [0.29, 0.717) is 16.1 Å². The summed E-state index contributed by atoms with van der Waals surface area (Å²) in [5, 5.41) is 4.29. The van der Waals surface area contributed by atoms with Crippen LogP contribution in [0.1, 0.15) is 15.2 Å². The molecule has 0 atom stereocenters. The highest BCUT2D eigenvalue weighted by Crippen LogP contribution is 2.29. The fourth-order valence-electron chi connectivity index (χ4n) is 2.26. The van der Waals surface area contributed by atoms with Crippen LogP contribution in [0, 0.1) is 5.82 Å². The summed E-state index contributed by atoms with van der Waals surface area (Å²) in [6.07, 6.45) is 0. The molecule has 0 bridgehead atoms. The molecule has 1 heterocycles. The van der Waals surface area contributed by atoms with Crippen molar-refractivity contribution >= 4 is 34.5 Å². The number of carbonyl (C=O) groups excluding carboxylic acids is 1. The van der Waals surface area contributed by atoms with Gasteiger partial charge in [0.05, 0.1) is 9.90 Å². The summed E-state index contributed by atoms with van der Waals surface area (Å²) in [5.41, 5.74) is 1.03. The quantitative estimate of drug-likeness (QED) is 0.505. The minimum Gasteiger partial charge on any atom is -0.486 e. The lowest BCUT2D eigenvalue weighted by Crippen LogP contribution is -2.10. The summed E-state index contributed by atoms with van der Waals surface area (Å²) >= 11 is 7.05. The number of hydrogen-bond acceptors (Lipinski definition) is 4. The van der Waals surface area contributed by atoms with Crippen LogP contribution in [0.15, 0.2) is 53.9 Å². The lowest BCUT2D eigenvalue weighted by atomic mass is 10.2. The van der Waals surface area contributed by atoms with Gasteiger partial charge in [0.15, 0.2) is 11.6 Å². The first-order valence-corrected chi connectivity index (χ1v) is 9.18. The van der Waals surface area contributed by atoms with Crippen molar-refractivity contribution in [3.63, 3.8) is 0 Å². The fraction of sp³-hybridized carbons (Fsp3) is 0.105. The lowest BCUT2D eigenvalue weighted by molar-refractivity contribution is -0.0497. The van der Waals surface area contributed by atoms with Crippen LogP contribution in [0.25, 0.3) is 0 Å². The lowest BCUT2D eigenvalue weighted by Gasteiger charge is -2.09. The zero-order valence-electron chi connectivity index (χ0n) is 14.1. The normalized spacial score (nSPS) is 10.8. The Morgan fingerprint density at radius 2 is 1.93 bits per heavy atom. The van der Waals surface area contributed by atoms with Crippen molar-refractivity contribution in [1.82, 2.24) is 0 Å². The van der Waals surface area contributed by atoms with Crippen molar-refractivity contribution in [2.75, 3.05) is 5.32 Å². The third kappa shape index (κ3) is 5.17. The van der Waals surface area contributed by atoms with Gasteiger partial charge in [-0.3, -0.25) is 4.79 Å². The zero-order valence-corrected chi connectivity index (χ0v) is 15.7. The topological polar surface area (TPSA) is 47.6 Å². The second kappa shape index (κ2) is 8.99. The second-order valence-electron chi connectivity index (χ2n) is 5.52. The van der Waals surface area contributed by atoms with Gasteiger partial charge >= 0.3 is 6.61 Å². The van der Waals surface area contributed by atoms with Gasteiger partial charge in [0.2, 0.25) is 0 Å². The summed E-state index contributed by atoms with van der Waals surface area (Å²) in [7, 11) is 0. The van der Waals surface area contributed by atoms with Crippen LogP contribution in [0.2, 0.25) is 5.02 Å². The van der Waals surface area contributed by atoms with E-state index in [1.54, 1.807) is 23.6 Å². The first kappa shape index (κ1) is 20.0. The zero-order chi connectivity index (χ0) is 20.1. The average Bonchev–Trinajstić information content (AvgIpc) is 3.12. The average molecular weight is 428 g/mol. The number of para-hydroxylation sites is 1. The van der Waals surface area contributed by atoms with Crippen LogP contribution in [0.4, 0.5) is 18.9 Å². The summed E-state index contributed by atoms with van der Waals surface area (Å²) in [5.74, 6) is -0.925. The highest BCUT2D eigenvalue weighted by atomic mass is 35.5. The molecule has 0 fully saturated rings. The third-order valence-electron chi connectivity index (χ3n) is 3.51. The number of hydrogen-bond donors (Lipinski definition) is 1.